The maximum atomic E-state index is 5.97. The molecule has 0 aliphatic heterocycles. The van der Waals surface area contributed by atoms with E-state index >= 15 is 0 Å². The van der Waals surface area contributed by atoms with Crippen LogP contribution in [-0.2, 0) is 6.61 Å². The highest BCUT2D eigenvalue weighted by molar-refractivity contribution is 6.30. The van der Waals surface area contributed by atoms with Crippen LogP contribution < -0.4 is 4.74 Å². The maximum Gasteiger partial charge on any atom is 0.182 e. The third kappa shape index (κ3) is 2.98. The number of hydrogen-bond acceptors (Lipinski definition) is 5. The predicted molar refractivity (Wildman–Crippen MR) is 102 cm³/mol. The van der Waals surface area contributed by atoms with Gasteiger partial charge in [-0.15, -0.1) is 5.10 Å². The maximum absolute atomic E-state index is 5.97. The van der Waals surface area contributed by atoms with Gasteiger partial charge in [-0.3, -0.25) is 5.10 Å². The zero-order valence-corrected chi connectivity index (χ0v) is 14.8. The first-order chi connectivity index (χ1) is 13.3. The molecule has 7 nitrogen and oxygen atoms in total. The summed E-state index contributed by atoms with van der Waals surface area (Å²) in [7, 11) is 0. The quantitative estimate of drug-likeness (QED) is 0.514. The van der Waals surface area contributed by atoms with Gasteiger partial charge in [0.25, 0.3) is 0 Å². The Bertz CT molecular complexity index is 1240. The molecule has 8 heteroatoms. The van der Waals surface area contributed by atoms with Crippen molar-refractivity contribution in [1.82, 2.24) is 29.8 Å². The second kappa shape index (κ2) is 6.37. The lowest BCUT2D eigenvalue weighted by atomic mass is 10.1. The van der Waals surface area contributed by atoms with Crippen molar-refractivity contribution in [2.24, 2.45) is 0 Å². The molecule has 0 spiro atoms. The van der Waals surface area contributed by atoms with Gasteiger partial charge in [0.15, 0.2) is 17.1 Å². The van der Waals surface area contributed by atoms with Crippen molar-refractivity contribution in [3.63, 3.8) is 0 Å². The summed E-state index contributed by atoms with van der Waals surface area (Å²) in [4.78, 5) is 8.89. The number of nitrogens with one attached hydrogen (secondary N) is 1. The molecule has 3 aromatic heterocycles. The minimum atomic E-state index is 0.457. The van der Waals surface area contributed by atoms with Gasteiger partial charge in [0.05, 0.1) is 11.6 Å². The van der Waals surface area contributed by atoms with E-state index in [-0.39, 0.29) is 0 Å². The number of H-pyrrole nitrogens is 1. The van der Waals surface area contributed by atoms with E-state index < -0.39 is 0 Å². The molecule has 0 atom stereocenters. The van der Waals surface area contributed by atoms with E-state index in [9.17, 15) is 0 Å². The number of halogens is 1. The van der Waals surface area contributed by atoms with Gasteiger partial charge in [0.2, 0.25) is 0 Å². The first-order valence-corrected chi connectivity index (χ1v) is 8.66. The largest absolute Gasteiger partial charge is 0.489 e. The second-order valence-electron chi connectivity index (χ2n) is 6.02. The Morgan fingerprint density at radius 2 is 2.00 bits per heavy atom. The van der Waals surface area contributed by atoms with Crippen LogP contribution in [0.15, 0.2) is 61.1 Å². The van der Waals surface area contributed by atoms with Crippen molar-refractivity contribution in [3.05, 3.63) is 71.6 Å². The van der Waals surface area contributed by atoms with E-state index in [0.717, 1.165) is 27.9 Å². The Hall–Kier alpha value is -3.45. The SMILES string of the molecule is Clc1cccc(OCc2ccc(-c3nc4c5cn[nH]c5ncn4n3)cc2)c1. The molecule has 0 fully saturated rings. The molecule has 3 heterocycles. The van der Waals surface area contributed by atoms with Crippen LogP contribution in [0.2, 0.25) is 5.02 Å². The molecule has 0 unspecified atom stereocenters. The highest BCUT2D eigenvalue weighted by Gasteiger charge is 2.11. The number of aromatic amines is 1. The van der Waals surface area contributed by atoms with Crippen molar-refractivity contribution < 1.29 is 4.74 Å². The Labute approximate surface area is 158 Å². The van der Waals surface area contributed by atoms with Crippen LogP contribution in [0.25, 0.3) is 28.1 Å². The van der Waals surface area contributed by atoms with Crippen molar-refractivity contribution in [2.45, 2.75) is 6.61 Å². The number of rotatable bonds is 4. The molecule has 0 bridgehead atoms. The van der Waals surface area contributed by atoms with E-state index in [2.05, 4.69) is 25.3 Å². The summed E-state index contributed by atoms with van der Waals surface area (Å²) in [6.07, 6.45) is 3.33. The third-order valence-corrected chi connectivity index (χ3v) is 4.44. The molecule has 2 aromatic carbocycles. The normalized spacial score (nSPS) is 11.3. The van der Waals surface area contributed by atoms with E-state index in [1.165, 1.54) is 0 Å². The molecule has 1 N–H and O–H groups in total. The lowest BCUT2D eigenvalue weighted by Crippen LogP contribution is -1.95. The summed E-state index contributed by atoms with van der Waals surface area (Å²) in [5, 5.41) is 12.8. The molecule has 0 radical (unpaired) electrons. The molecule has 5 rings (SSSR count). The monoisotopic (exact) mass is 376 g/mol. The molecule has 0 aliphatic rings. The van der Waals surface area contributed by atoms with Crippen LogP contribution >= 0.6 is 11.6 Å². The van der Waals surface area contributed by atoms with E-state index in [4.69, 9.17) is 16.3 Å². The van der Waals surface area contributed by atoms with Crippen LogP contribution in [0.5, 0.6) is 5.75 Å². The van der Waals surface area contributed by atoms with Gasteiger partial charge in [0.1, 0.15) is 18.7 Å². The molecule has 132 valence electrons. The van der Waals surface area contributed by atoms with Crippen LogP contribution in [-0.4, -0.2) is 29.8 Å². The van der Waals surface area contributed by atoms with Crippen molar-refractivity contribution in [2.75, 3.05) is 0 Å². The summed E-state index contributed by atoms with van der Waals surface area (Å²) in [6, 6.07) is 15.3. The molecule has 0 saturated heterocycles. The minimum Gasteiger partial charge on any atom is -0.489 e. The zero-order valence-electron chi connectivity index (χ0n) is 14.0. The van der Waals surface area contributed by atoms with Gasteiger partial charge in [-0.2, -0.15) is 5.10 Å². The topological polar surface area (TPSA) is 81.0 Å². The fraction of sp³-hybridized carbons (Fsp3) is 0.0526. The highest BCUT2D eigenvalue weighted by atomic mass is 35.5. The molecule has 27 heavy (non-hydrogen) atoms. The zero-order chi connectivity index (χ0) is 18.2. The lowest BCUT2D eigenvalue weighted by Gasteiger charge is -2.07. The molecule has 0 aliphatic carbocycles. The van der Waals surface area contributed by atoms with E-state index in [1.807, 2.05) is 42.5 Å². The number of hydrogen-bond donors (Lipinski definition) is 1. The average Bonchev–Trinajstić information content (AvgIpc) is 3.33. The van der Waals surface area contributed by atoms with Crippen LogP contribution in [0.4, 0.5) is 0 Å². The van der Waals surface area contributed by atoms with Crippen LogP contribution in [0.3, 0.4) is 0 Å². The van der Waals surface area contributed by atoms with E-state index in [0.29, 0.717) is 23.1 Å². The van der Waals surface area contributed by atoms with E-state index in [1.54, 1.807) is 23.1 Å². The van der Waals surface area contributed by atoms with Crippen LogP contribution in [0, 0.1) is 0 Å². The molecule has 0 amide bonds. The Morgan fingerprint density at radius 1 is 1.11 bits per heavy atom. The Balaban J connectivity index is 1.39. The number of ether oxygens (including phenoxy) is 1. The first kappa shape index (κ1) is 15.8. The summed E-state index contributed by atoms with van der Waals surface area (Å²) >= 11 is 5.97. The molecule has 5 aromatic rings. The summed E-state index contributed by atoms with van der Waals surface area (Å²) in [5.74, 6) is 1.37. The van der Waals surface area contributed by atoms with Gasteiger partial charge in [0, 0.05) is 10.6 Å². The minimum absolute atomic E-state index is 0.457. The fourth-order valence-electron chi connectivity index (χ4n) is 2.84. The van der Waals surface area contributed by atoms with Crippen molar-refractivity contribution >= 4 is 28.3 Å². The number of benzene rings is 2. The molecular formula is C19H13ClN6O. The smallest absolute Gasteiger partial charge is 0.182 e. The fourth-order valence-corrected chi connectivity index (χ4v) is 3.02. The predicted octanol–water partition coefficient (Wildman–Crippen LogP) is 3.90. The Morgan fingerprint density at radius 3 is 2.85 bits per heavy atom. The standard InChI is InChI=1S/C19H13ClN6O/c20-14-2-1-3-15(8-14)27-10-12-4-6-13(7-5-12)17-23-19-16-9-22-24-18(16)21-11-26(19)25-17/h1-9,11H,10H2,(H,22,24). The number of aromatic nitrogens is 6. The molecule has 0 saturated carbocycles. The summed E-state index contributed by atoms with van der Waals surface area (Å²) in [6.45, 7) is 0.457. The summed E-state index contributed by atoms with van der Waals surface area (Å²) < 4.78 is 7.42. The van der Waals surface area contributed by atoms with Gasteiger partial charge in [-0.1, -0.05) is 41.9 Å². The van der Waals surface area contributed by atoms with Gasteiger partial charge >= 0.3 is 0 Å². The molecular weight excluding hydrogens is 364 g/mol. The van der Waals surface area contributed by atoms with Gasteiger partial charge in [-0.05, 0) is 23.8 Å². The second-order valence-corrected chi connectivity index (χ2v) is 6.46. The lowest BCUT2D eigenvalue weighted by molar-refractivity contribution is 0.306. The van der Waals surface area contributed by atoms with Crippen molar-refractivity contribution in [1.29, 1.82) is 0 Å². The summed E-state index contributed by atoms with van der Waals surface area (Å²) in [5.41, 5.74) is 3.37. The number of fused-ring (bicyclic) bond motifs is 3. The number of nitrogens with zero attached hydrogens (tertiary/aromatic N) is 5. The average molecular weight is 377 g/mol. The first-order valence-electron chi connectivity index (χ1n) is 8.28. The Kier molecular flexibility index (Phi) is 3.72. The van der Waals surface area contributed by atoms with Crippen molar-refractivity contribution in [3.8, 4) is 17.1 Å². The third-order valence-electron chi connectivity index (χ3n) is 4.20. The highest BCUT2D eigenvalue weighted by Crippen LogP contribution is 2.22. The van der Waals surface area contributed by atoms with Gasteiger partial charge < -0.3 is 4.74 Å². The van der Waals surface area contributed by atoms with Crippen LogP contribution in [0.1, 0.15) is 5.56 Å². The van der Waals surface area contributed by atoms with Gasteiger partial charge in [-0.25, -0.2) is 14.5 Å².